The van der Waals surface area contributed by atoms with Crippen molar-refractivity contribution < 1.29 is 89.4 Å². The Morgan fingerprint density at radius 2 is 0.778 bits per heavy atom. The lowest BCUT2D eigenvalue weighted by Crippen LogP contribution is -2.66. The van der Waals surface area contributed by atoms with Gasteiger partial charge in [-0.1, -0.05) is 205 Å². The summed E-state index contributed by atoms with van der Waals surface area (Å²) in [6.45, 7) is 1.71. The van der Waals surface area contributed by atoms with Gasteiger partial charge in [-0.25, -0.2) is 0 Å². The van der Waals surface area contributed by atoms with Crippen molar-refractivity contribution >= 4 is 5.91 Å². The van der Waals surface area contributed by atoms with E-state index < -0.39 is 124 Å². The average Bonchev–Trinajstić information content (AvgIpc) is 3.51. The fraction of sp³-hybridized carbons (Fsp3) is 0.919. The van der Waals surface area contributed by atoms with E-state index in [0.29, 0.717) is 6.42 Å². The van der Waals surface area contributed by atoms with Gasteiger partial charge in [-0.15, -0.1) is 0 Å². The molecule has 0 aliphatic carbocycles. The van der Waals surface area contributed by atoms with Crippen LogP contribution in [0.4, 0.5) is 0 Å². The van der Waals surface area contributed by atoms with Crippen molar-refractivity contribution in [3.05, 3.63) is 24.3 Å². The van der Waals surface area contributed by atoms with Crippen molar-refractivity contribution in [1.29, 1.82) is 0 Å². The summed E-state index contributed by atoms with van der Waals surface area (Å²) in [7, 11) is 0. The van der Waals surface area contributed by atoms with Gasteiger partial charge in [-0.05, 0) is 44.9 Å². The van der Waals surface area contributed by atoms with Gasteiger partial charge in [0.05, 0.1) is 38.6 Å². The molecular formula is C62H115NO18. The van der Waals surface area contributed by atoms with Gasteiger partial charge in [-0.3, -0.25) is 4.79 Å². The first-order valence-electron chi connectivity index (χ1n) is 32.1. The summed E-state index contributed by atoms with van der Waals surface area (Å²) < 4.78 is 34.3. The summed E-state index contributed by atoms with van der Waals surface area (Å²) in [6, 6.07) is -0.974. The number of hydrogen-bond acceptors (Lipinski definition) is 18. The highest BCUT2D eigenvalue weighted by Crippen LogP contribution is 2.33. The molecule has 0 aromatic heterocycles. The molecular weight excluding hydrogens is 1050 g/mol. The van der Waals surface area contributed by atoms with Crippen LogP contribution < -0.4 is 5.32 Å². The Morgan fingerprint density at radius 3 is 1.21 bits per heavy atom. The standard InChI is InChI=1S/C62H115NO18/c1-3-5-7-9-11-13-15-17-18-19-20-21-22-23-24-25-26-28-29-31-33-35-37-39-46(67)45(63-50(68)40-38-36-34-32-30-27-16-14-12-10-8-6-4-2)44-76-60-56(74)53(71)58(48(42-65)78-60)81-62-57(75)54(72)59(49(43-66)79-62)80-61-55(73)52(70)51(69)47(41-64)77-61/h14,16,37,39,45-49,51-62,64-67,69-75H,3-13,15,17-36,38,40-44H2,1-2H3,(H,63,68)/b16-14-,39-37+. The fourth-order valence-corrected chi connectivity index (χ4v) is 11.0. The summed E-state index contributed by atoms with van der Waals surface area (Å²) in [5, 5.41) is 120. The van der Waals surface area contributed by atoms with Gasteiger partial charge in [0.2, 0.25) is 5.91 Å². The van der Waals surface area contributed by atoms with Crippen molar-refractivity contribution in [1.82, 2.24) is 5.32 Å². The third-order valence-corrected chi connectivity index (χ3v) is 16.2. The van der Waals surface area contributed by atoms with E-state index >= 15 is 0 Å². The van der Waals surface area contributed by atoms with Gasteiger partial charge >= 0.3 is 0 Å². The first-order chi connectivity index (χ1) is 39.3. The third-order valence-electron chi connectivity index (χ3n) is 16.2. The Labute approximate surface area is 486 Å². The van der Waals surface area contributed by atoms with Crippen LogP contribution in [0.3, 0.4) is 0 Å². The molecule has 3 fully saturated rings. The van der Waals surface area contributed by atoms with Crippen LogP contribution in [0.1, 0.15) is 232 Å². The van der Waals surface area contributed by atoms with Gasteiger partial charge in [0.15, 0.2) is 18.9 Å². The molecule has 0 aromatic rings. The van der Waals surface area contributed by atoms with E-state index in [9.17, 15) is 61.0 Å². The smallest absolute Gasteiger partial charge is 0.220 e. The molecule has 19 heteroatoms. The third kappa shape index (κ3) is 29.0. The lowest BCUT2D eigenvalue weighted by atomic mass is 9.96. The molecule has 0 radical (unpaired) electrons. The zero-order valence-corrected chi connectivity index (χ0v) is 49.8. The molecule has 17 atom stereocenters. The zero-order valence-electron chi connectivity index (χ0n) is 49.8. The Bertz CT molecular complexity index is 1580. The quantitative estimate of drug-likeness (QED) is 0.0222. The topological polar surface area (TPSA) is 307 Å². The SMILES string of the molecule is CCCCCC/C=C\CCCCCCCC(=O)NC(COC1OC(CO)C(OC2OC(CO)C(OC3OC(CO)C(O)C(O)C3O)C(O)C2O)C(O)C1O)C(O)/C=C/CCCCCCCCCCCCCCCCCCCCCCC. The molecule has 0 spiro atoms. The second kappa shape index (κ2) is 45.6. The summed E-state index contributed by atoms with van der Waals surface area (Å²) in [6.07, 6.45) is 21.6. The number of ether oxygens (including phenoxy) is 6. The predicted molar refractivity (Wildman–Crippen MR) is 310 cm³/mol. The van der Waals surface area contributed by atoms with E-state index in [1.54, 1.807) is 6.08 Å². The van der Waals surface area contributed by atoms with E-state index in [0.717, 1.165) is 64.2 Å². The van der Waals surface area contributed by atoms with Crippen molar-refractivity contribution in [3.8, 4) is 0 Å². The zero-order chi connectivity index (χ0) is 59.0. The number of rotatable bonds is 48. The molecule has 3 rings (SSSR count). The summed E-state index contributed by atoms with van der Waals surface area (Å²) in [5.41, 5.74) is 0. The molecule has 81 heavy (non-hydrogen) atoms. The molecule has 3 aliphatic heterocycles. The maximum atomic E-state index is 13.3. The summed E-state index contributed by atoms with van der Waals surface area (Å²) >= 11 is 0. The fourth-order valence-electron chi connectivity index (χ4n) is 11.0. The van der Waals surface area contributed by atoms with Gasteiger partial charge in [0.25, 0.3) is 0 Å². The number of carbonyl (C=O) groups is 1. The second-order valence-electron chi connectivity index (χ2n) is 23.2. The largest absolute Gasteiger partial charge is 0.394 e. The number of carbonyl (C=O) groups excluding carboxylic acids is 1. The molecule has 0 aromatic carbocycles. The van der Waals surface area contributed by atoms with Gasteiger partial charge in [0.1, 0.15) is 73.2 Å². The van der Waals surface area contributed by atoms with Crippen LogP contribution in [0.5, 0.6) is 0 Å². The van der Waals surface area contributed by atoms with E-state index in [1.807, 2.05) is 6.08 Å². The Hall–Kier alpha value is -1.73. The van der Waals surface area contributed by atoms with Gasteiger partial charge < -0.3 is 89.9 Å². The van der Waals surface area contributed by atoms with E-state index in [4.69, 9.17) is 28.4 Å². The minimum absolute atomic E-state index is 0.235. The maximum absolute atomic E-state index is 13.3. The van der Waals surface area contributed by atoms with Crippen LogP contribution in [0.15, 0.2) is 24.3 Å². The maximum Gasteiger partial charge on any atom is 0.220 e. The Morgan fingerprint density at radius 1 is 0.432 bits per heavy atom. The van der Waals surface area contributed by atoms with Crippen LogP contribution in [0.25, 0.3) is 0 Å². The number of nitrogens with one attached hydrogen (secondary N) is 1. The molecule has 3 saturated heterocycles. The van der Waals surface area contributed by atoms with E-state index in [2.05, 4.69) is 31.3 Å². The number of unbranched alkanes of at least 4 members (excludes halogenated alkanes) is 30. The second-order valence-corrected chi connectivity index (χ2v) is 23.2. The minimum atomic E-state index is -1.98. The van der Waals surface area contributed by atoms with Crippen LogP contribution in [-0.4, -0.2) is 193 Å². The molecule has 0 bridgehead atoms. The first-order valence-corrected chi connectivity index (χ1v) is 32.1. The van der Waals surface area contributed by atoms with Gasteiger partial charge in [-0.2, -0.15) is 0 Å². The molecule has 19 nitrogen and oxygen atoms in total. The summed E-state index contributed by atoms with van der Waals surface area (Å²) in [4.78, 5) is 13.3. The number of aliphatic hydroxyl groups is 11. The monoisotopic (exact) mass is 1160 g/mol. The van der Waals surface area contributed by atoms with Crippen LogP contribution in [0.2, 0.25) is 0 Å². The van der Waals surface area contributed by atoms with Crippen molar-refractivity contribution in [2.45, 2.75) is 336 Å². The van der Waals surface area contributed by atoms with E-state index in [1.165, 1.54) is 141 Å². The first kappa shape index (κ1) is 73.5. The molecule has 3 aliphatic rings. The Balaban J connectivity index is 1.47. The van der Waals surface area contributed by atoms with Crippen LogP contribution >= 0.6 is 0 Å². The normalized spacial score (nSPS) is 29.9. The highest BCUT2D eigenvalue weighted by molar-refractivity contribution is 5.76. The van der Waals surface area contributed by atoms with Crippen LogP contribution in [0, 0.1) is 0 Å². The van der Waals surface area contributed by atoms with Crippen LogP contribution in [-0.2, 0) is 33.2 Å². The molecule has 3 heterocycles. The number of amides is 1. The highest BCUT2D eigenvalue weighted by atomic mass is 16.8. The number of aliphatic hydroxyl groups excluding tert-OH is 11. The number of allylic oxidation sites excluding steroid dienone is 3. The highest BCUT2D eigenvalue weighted by Gasteiger charge is 2.53. The van der Waals surface area contributed by atoms with Crippen molar-refractivity contribution in [2.75, 3.05) is 26.4 Å². The minimum Gasteiger partial charge on any atom is -0.394 e. The average molecular weight is 1160 g/mol. The summed E-state index contributed by atoms with van der Waals surface area (Å²) in [5.74, 6) is -0.284. The molecule has 0 saturated carbocycles. The molecule has 12 N–H and O–H groups in total. The lowest BCUT2D eigenvalue weighted by Gasteiger charge is -2.48. The predicted octanol–water partition coefficient (Wildman–Crippen LogP) is 6.71. The van der Waals surface area contributed by atoms with Crippen molar-refractivity contribution in [3.63, 3.8) is 0 Å². The van der Waals surface area contributed by atoms with Crippen molar-refractivity contribution in [2.24, 2.45) is 0 Å². The molecule has 476 valence electrons. The van der Waals surface area contributed by atoms with Gasteiger partial charge in [0, 0.05) is 6.42 Å². The molecule has 1 amide bonds. The molecule has 17 unspecified atom stereocenters. The number of hydrogen-bond donors (Lipinski definition) is 12. The lowest BCUT2D eigenvalue weighted by molar-refractivity contribution is -0.379. The van der Waals surface area contributed by atoms with E-state index in [-0.39, 0.29) is 18.9 Å². The Kier molecular flexibility index (Phi) is 41.4.